The third-order valence-electron chi connectivity index (χ3n) is 4.89. The fourth-order valence-electron chi connectivity index (χ4n) is 3.44. The number of carbonyl (C=O) groups is 2. The van der Waals surface area contributed by atoms with Gasteiger partial charge in [0.15, 0.2) is 6.61 Å². The molecule has 3 N–H and O–H groups in total. The predicted octanol–water partition coefficient (Wildman–Crippen LogP) is 1.90. The lowest BCUT2D eigenvalue weighted by molar-refractivity contribution is -0.139. The van der Waals surface area contributed by atoms with E-state index in [1.165, 1.54) is 12.8 Å². The Morgan fingerprint density at radius 2 is 1.68 bits per heavy atom. The van der Waals surface area contributed by atoms with E-state index in [-0.39, 0.29) is 37.5 Å². The maximum Gasteiger partial charge on any atom is 0.341 e. The molecular weight excluding hydrogens is 407 g/mol. The van der Waals surface area contributed by atoms with Crippen molar-refractivity contribution in [2.24, 2.45) is 0 Å². The van der Waals surface area contributed by atoms with E-state index in [2.05, 4.69) is 15.5 Å². The molecule has 1 aromatic rings. The normalized spacial score (nSPS) is 17.8. The summed E-state index contributed by atoms with van der Waals surface area (Å²) in [5.41, 5.74) is 0.665. The summed E-state index contributed by atoms with van der Waals surface area (Å²) in [5.74, 6) is -0.563. The lowest BCUT2D eigenvalue weighted by atomic mass is 10.0. The Hall–Kier alpha value is -1.74. The Balaban J connectivity index is 0.00000196. The molecule has 0 spiro atoms. The third-order valence-corrected chi connectivity index (χ3v) is 4.89. The van der Waals surface area contributed by atoms with Crippen LogP contribution in [0.15, 0.2) is 24.3 Å². The zero-order chi connectivity index (χ0) is 18.4. The number of anilines is 1. The highest BCUT2D eigenvalue weighted by atomic mass is 35.5. The molecule has 3 rings (SSSR count). The zero-order valence-electron chi connectivity index (χ0n) is 15.6. The molecule has 0 aliphatic carbocycles. The highest BCUT2D eigenvalue weighted by Gasteiger charge is 2.26. The largest absolute Gasteiger partial charge is 0.482 e. The molecule has 0 saturated carbocycles. The van der Waals surface area contributed by atoms with Crippen molar-refractivity contribution in [2.75, 3.05) is 51.2 Å². The molecule has 0 radical (unpaired) electrons. The van der Waals surface area contributed by atoms with E-state index in [1.807, 2.05) is 4.90 Å². The summed E-state index contributed by atoms with van der Waals surface area (Å²) in [4.78, 5) is 27.3. The van der Waals surface area contributed by atoms with Crippen LogP contribution in [0.2, 0.25) is 0 Å². The Bertz CT molecular complexity index is 619. The second-order valence-corrected chi connectivity index (χ2v) is 6.64. The second-order valence-electron chi connectivity index (χ2n) is 6.64. The Morgan fingerprint density at radius 3 is 2.25 bits per heavy atom. The van der Waals surface area contributed by atoms with Gasteiger partial charge in [0.1, 0.15) is 5.75 Å². The predicted molar refractivity (Wildman–Crippen MR) is 112 cm³/mol. The van der Waals surface area contributed by atoms with Gasteiger partial charge in [-0.3, -0.25) is 4.90 Å². The fraction of sp³-hybridized carbons (Fsp3) is 0.556. The molecule has 28 heavy (non-hydrogen) atoms. The van der Waals surface area contributed by atoms with Crippen LogP contribution in [0.4, 0.5) is 10.5 Å². The Morgan fingerprint density at radius 1 is 1.07 bits per heavy atom. The Labute approximate surface area is 177 Å². The molecule has 2 aliphatic rings. The van der Waals surface area contributed by atoms with Crippen LogP contribution in [0, 0.1) is 0 Å². The van der Waals surface area contributed by atoms with Crippen molar-refractivity contribution >= 4 is 42.5 Å². The first-order valence-corrected chi connectivity index (χ1v) is 9.07. The van der Waals surface area contributed by atoms with Gasteiger partial charge in [0, 0.05) is 37.9 Å². The van der Waals surface area contributed by atoms with Gasteiger partial charge in [0.25, 0.3) is 0 Å². The summed E-state index contributed by atoms with van der Waals surface area (Å²) in [6, 6.07) is 7.25. The number of rotatable bonds is 5. The molecule has 0 unspecified atom stereocenters. The number of nitrogens with zero attached hydrogens (tertiary/aromatic N) is 2. The number of amides is 2. The number of halogens is 2. The van der Waals surface area contributed by atoms with Gasteiger partial charge in [-0.2, -0.15) is 0 Å². The number of hydrogen-bond donors (Lipinski definition) is 3. The highest BCUT2D eigenvalue weighted by Crippen LogP contribution is 2.18. The quantitative estimate of drug-likeness (QED) is 0.654. The first-order valence-electron chi connectivity index (χ1n) is 9.07. The van der Waals surface area contributed by atoms with Crippen LogP contribution in [-0.2, 0) is 4.79 Å². The number of carboxylic acids is 1. The van der Waals surface area contributed by atoms with E-state index < -0.39 is 5.97 Å². The topological polar surface area (TPSA) is 94.1 Å². The SMILES string of the molecule is Cl.Cl.O=C(O)COc1ccc(NC(=O)N2CCN(C3CCNCC3)CC2)cc1. The van der Waals surface area contributed by atoms with Crippen molar-refractivity contribution < 1.29 is 19.4 Å². The number of urea groups is 1. The van der Waals surface area contributed by atoms with Gasteiger partial charge in [-0.25, -0.2) is 9.59 Å². The molecule has 2 heterocycles. The van der Waals surface area contributed by atoms with Gasteiger partial charge >= 0.3 is 12.0 Å². The van der Waals surface area contributed by atoms with Crippen molar-refractivity contribution in [3.05, 3.63) is 24.3 Å². The maximum atomic E-state index is 12.4. The molecule has 158 valence electrons. The van der Waals surface area contributed by atoms with Crippen LogP contribution in [0.1, 0.15) is 12.8 Å². The number of carbonyl (C=O) groups excluding carboxylic acids is 1. The lowest BCUT2D eigenvalue weighted by Crippen LogP contribution is -2.54. The van der Waals surface area contributed by atoms with Gasteiger partial charge in [-0.1, -0.05) is 0 Å². The van der Waals surface area contributed by atoms with Crippen molar-refractivity contribution in [1.29, 1.82) is 0 Å². The minimum Gasteiger partial charge on any atom is -0.482 e. The van der Waals surface area contributed by atoms with Crippen LogP contribution >= 0.6 is 24.8 Å². The number of piperazine rings is 1. The summed E-state index contributed by atoms with van der Waals surface area (Å²) in [5, 5.41) is 14.9. The minimum atomic E-state index is -1.02. The second kappa shape index (κ2) is 12.0. The molecule has 2 saturated heterocycles. The van der Waals surface area contributed by atoms with Crippen LogP contribution in [0.3, 0.4) is 0 Å². The number of carboxylic acid groups (broad SMARTS) is 1. The van der Waals surface area contributed by atoms with Gasteiger partial charge < -0.3 is 25.4 Å². The van der Waals surface area contributed by atoms with E-state index in [9.17, 15) is 9.59 Å². The van der Waals surface area contributed by atoms with Crippen molar-refractivity contribution in [2.45, 2.75) is 18.9 Å². The molecule has 0 bridgehead atoms. The van der Waals surface area contributed by atoms with Gasteiger partial charge in [-0.05, 0) is 50.2 Å². The lowest BCUT2D eigenvalue weighted by Gasteiger charge is -2.40. The molecule has 2 amide bonds. The van der Waals surface area contributed by atoms with Crippen molar-refractivity contribution in [3.8, 4) is 5.75 Å². The molecule has 10 heteroatoms. The number of hydrogen-bond acceptors (Lipinski definition) is 5. The zero-order valence-corrected chi connectivity index (χ0v) is 17.3. The fourth-order valence-corrected chi connectivity index (χ4v) is 3.44. The first-order chi connectivity index (χ1) is 12.6. The molecule has 0 aromatic heterocycles. The van der Waals surface area contributed by atoms with E-state index in [0.717, 1.165) is 39.3 Å². The average molecular weight is 435 g/mol. The van der Waals surface area contributed by atoms with Gasteiger partial charge in [0.05, 0.1) is 0 Å². The third kappa shape index (κ3) is 7.01. The summed E-state index contributed by atoms with van der Waals surface area (Å²) in [6.07, 6.45) is 2.37. The molecule has 2 aliphatic heterocycles. The standard InChI is InChI=1S/C18H26N4O4.2ClH/c23-17(24)13-26-16-3-1-14(2-4-16)20-18(25)22-11-9-21(10-12-22)15-5-7-19-8-6-15;;/h1-4,15,19H,5-13H2,(H,20,25)(H,23,24);2*1H. The summed E-state index contributed by atoms with van der Waals surface area (Å²) in [7, 11) is 0. The van der Waals surface area contributed by atoms with E-state index in [1.54, 1.807) is 24.3 Å². The number of aliphatic carboxylic acids is 1. The van der Waals surface area contributed by atoms with Crippen LogP contribution in [-0.4, -0.2) is 78.8 Å². The molecular formula is C18H28Cl2N4O4. The summed E-state index contributed by atoms with van der Waals surface area (Å²) >= 11 is 0. The van der Waals surface area contributed by atoms with Crippen LogP contribution in [0.25, 0.3) is 0 Å². The molecule has 2 fully saturated rings. The van der Waals surface area contributed by atoms with E-state index >= 15 is 0 Å². The number of ether oxygens (including phenoxy) is 1. The summed E-state index contributed by atoms with van der Waals surface area (Å²) in [6.45, 7) is 5.08. The monoisotopic (exact) mass is 434 g/mol. The van der Waals surface area contributed by atoms with Crippen molar-refractivity contribution in [1.82, 2.24) is 15.1 Å². The molecule has 8 nitrogen and oxygen atoms in total. The summed E-state index contributed by atoms with van der Waals surface area (Å²) < 4.78 is 5.08. The smallest absolute Gasteiger partial charge is 0.341 e. The molecule has 0 atom stereocenters. The minimum absolute atomic E-state index is 0. The van der Waals surface area contributed by atoms with Crippen LogP contribution in [0.5, 0.6) is 5.75 Å². The van der Waals surface area contributed by atoms with E-state index in [4.69, 9.17) is 9.84 Å². The number of benzene rings is 1. The number of piperidine rings is 1. The van der Waals surface area contributed by atoms with Gasteiger partial charge in [0.2, 0.25) is 0 Å². The first kappa shape index (κ1) is 24.3. The average Bonchev–Trinajstić information content (AvgIpc) is 2.68. The number of nitrogens with one attached hydrogen (secondary N) is 2. The maximum absolute atomic E-state index is 12.4. The van der Waals surface area contributed by atoms with Gasteiger partial charge in [-0.15, -0.1) is 24.8 Å². The highest BCUT2D eigenvalue weighted by molar-refractivity contribution is 5.89. The molecule has 1 aromatic carbocycles. The van der Waals surface area contributed by atoms with Crippen molar-refractivity contribution in [3.63, 3.8) is 0 Å². The van der Waals surface area contributed by atoms with Crippen LogP contribution < -0.4 is 15.4 Å². The Kier molecular flexibility index (Phi) is 10.4. The van der Waals surface area contributed by atoms with E-state index in [0.29, 0.717) is 17.5 Å².